The Balaban J connectivity index is 2.27. The van der Waals surface area contributed by atoms with Crippen LogP contribution in [0.15, 0.2) is 15.9 Å². The van der Waals surface area contributed by atoms with Crippen LogP contribution in [0.3, 0.4) is 0 Å². The molecule has 1 N–H and O–H groups in total. The largest absolute Gasteiger partial charge is 0.481 e. The van der Waals surface area contributed by atoms with Gasteiger partial charge in [0.2, 0.25) is 0 Å². The lowest BCUT2D eigenvalue weighted by Crippen LogP contribution is -2.02. The summed E-state index contributed by atoms with van der Waals surface area (Å²) in [5, 5.41) is 9.02. The minimum atomic E-state index is -0.676. The van der Waals surface area contributed by atoms with E-state index in [-0.39, 0.29) is 17.3 Å². The second-order valence-corrected chi connectivity index (χ2v) is 6.75. The summed E-state index contributed by atoms with van der Waals surface area (Å²) >= 11 is 5.03. The summed E-state index contributed by atoms with van der Waals surface area (Å²) in [6.45, 7) is 4.04. The third-order valence-corrected chi connectivity index (χ3v) is 4.70. The maximum absolute atomic E-state index is 11.0. The molecule has 0 aromatic carbocycles. The molecular formula is C10H11BrO2S. The van der Waals surface area contributed by atoms with Gasteiger partial charge in [0.1, 0.15) is 0 Å². The first-order valence-electron chi connectivity index (χ1n) is 4.42. The van der Waals surface area contributed by atoms with Crippen LogP contribution in [0.25, 0.3) is 0 Å². The molecule has 0 bridgehead atoms. The predicted octanol–water partition coefficient (Wildman–Crippen LogP) is 3.33. The van der Waals surface area contributed by atoms with Crippen LogP contribution in [-0.2, 0) is 4.79 Å². The van der Waals surface area contributed by atoms with Crippen molar-refractivity contribution in [3.05, 3.63) is 20.8 Å². The summed E-state index contributed by atoms with van der Waals surface area (Å²) in [4.78, 5) is 12.1. The van der Waals surface area contributed by atoms with Gasteiger partial charge < -0.3 is 5.11 Å². The number of carbonyl (C=O) groups is 1. The monoisotopic (exact) mass is 274 g/mol. The molecule has 1 aliphatic rings. The maximum atomic E-state index is 11.0. The highest BCUT2D eigenvalue weighted by Crippen LogP contribution is 2.65. The zero-order chi connectivity index (χ0) is 10.5. The lowest BCUT2D eigenvalue weighted by molar-refractivity contribution is -0.139. The predicted molar refractivity (Wildman–Crippen MR) is 59.7 cm³/mol. The molecule has 76 valence electrons. The Hall–Kier alpha value is -0.350. The van der Waals surface area contributed by atoms with Crippen LogP contribution in [0.1, 0.15) is 24.6 Å². The van der Waals surface area contributed by atoms with Crippen molar-refractivity contribution in [3.63, 3.8) is 0 Å². The van der Waals surface area contributed by atoms with Crippen LogP contribution >= 0.6 is 27.3 Å². The second kappa shape index (κ2) is 3.07. The fraction of sp³-hybridized carbons (Fsp3) is 0.500. The van der Waals surface area contributed by atoms with Gasteiger partial charge in [-0.15, -0.1) is 11.3 Å². The zero-order valence-electron chi connectivity index (χ0n) is 7.95. The van der Waals surface area contributed by atoms with Crippen molar-refractivity contribution < 1.29 is 9.90 Å². The third-order valence-electron chi connectivity index (χ3n) is 2.99. The number of halogens is 1. The summed E-state index contributed by atoms with van der Waals surface area (Å²) in [7, 11) is 0. The first-order valence-corrected chi connectivity index (χ1v) is 6.03. The SMILES string of the molecule is CC1(C)C(C(=O)O)C1c1ccc(Br)s1. The Labute approximate surface area is 95.1 Å². The van der Waals surface area contributed by atoms with Gasteiger partial charge in [-0.1, -0.05) is 13.8 Å². The molecule has 0 radical (unpaired) electrons. The number of aliphatic carboxylic acids is 1. The molecule has 2 atom stereocenters. The smallest absolute Gasteiger partial charge is 0.307 e. The fourth-order valence-corrected chi connectivity index (χ4v) is 3.88. The summed E-state index contributed by atoms with van der Waals surface area (Å²) in [6.07, 6.45) is 0. The van der Waals surface area contributed by atoms with Gasteiger partial charge in [-0.05, 0) is 33.5 Å². The average molecular weight is 275 g/mol. The van der Waals surface area contributed by atoms with Crippen LogP contribution in [0.4, 0.5) is 0 Å². The van der Waals surface area contributed by atoms with Gasteiger partial charge in [0.25, 0.3) is 0 Å². The number of hydrogen-bond donors (Lipinski definition) is 1. The summed E-state index contributed by atoms with van der Waals surface area (Å²) in [5.74, 6) is -0.700. The van der Waals surface area contributed by atoms with E-state index in [1.165, 1.54) is 4.88 Å². The second-order valence-electron chi connectivity index (χ2n) is 4.26. The molecule has 2 nitrogen and oxygen atoms in total. The van der Waals surface area contributed by atoms with E-state index in [1.807, 2.05) is 26.0 Å². The van der Waals surface area contributed by atoms with Gasteiger partial charge in [0, 0.05) is 10.8 Å². The van der Waals surface area contributed by atoms with Gasteiger partial charge in [0.05, 0.1) is 9.70 Å². The molecule has 2 rings (SSSR count). The third kappa shape index (κ3) is 1.41. The average Bonchev–Trinajstić information content (AvgIpc) is 2.42. The molecule has 1 fully saturated rings. The molecule has 0 amide bonds. The lowest BCUT2D eigenvalue weighted by atomic mass is 10.1. The highest BCUT2D eigenvalue weighted by molar-refractivity contribution is 9.11. The molecule has 4 heteroatoms. The topological polar surface area (TPSA) is 37.3 Å². The molecule has 0 saturated heterocycles. The Morgan fingerprint density at radius 1 is 1.57 bits per heavy atom. The Morgan fingerprint density at radius 3 is 2.57 bits per heavy atom. The van der Waals surface area contributed by atoms with E-state index in [1.54, 1.807) is 11.3 Å². The molecule has 1 heterocycles. The van der Waals surface area contributed by atoms with Crippen LogP contribution < -0.4 is 0 Å². The van der Waals surface area contributed by atoms with Gasteiger partial charge in [-0.2, -0.15) is 0 Å². The Bertz CT molecular complexity index is 383. The molecule has 1 aromatic rings. The lowest BCUT2D eigenvalue weighted by Gasteiger charge is -1.97. The van der Waals surface area contributed by atoms with E-state index in [9.17, 15) is 4.79 Å². The molecule has 0 spiro atoms. The van der Waals surface area contributed by atoms with Crippen molar-refractivity contribution in [2.24, 2.45) is 11.3 Å². The molecule has 1 aliphatic carbocycles. The van der Waals surface area contributed by atoms with E-state index >= 15 is 0 Å². The molecule has 14 heavy (non-hydrogen) atoms. The Morgan fingerprint density at radius 2 is 2.21 bits per heavy atom. The van der Waals surface area contributed by atoms with Gasteiger partial charge in [-0.25, -0.2) is 0 Å². The van der Waals surface area contributed by atoms with E-state index in [4.69, 9.17) is 5.11 Å². The molecule has 2 unspecified atom stereocenters. The highest BCUT2D eigenvalue weighted by Gasteiger charge is 2.63. The van der Waals surface area contributed by atoms with Crippen LogP contribution in [-0.4, -0.2) is 11.1 Å². The summed E-state index contributed by atoms with van der Waals surface area (Å²) in [5.41, 5.74) is -0.0872. The Kier molecular flexibility index (Phi) is 2.23. The van der Waals surface area contributed by atoms with E-state index < -0.39 is 5.97 Å². The quantitative estimate of drug-likeness (QED) is 0.898. The van der Waals surface area contributed by atoms with Crippen LogP contribution in [0.2, 0.25) is 0 Å². The fourth-order valence-electron chi connectivity index (χ4n) is 2.13. The van der Waals surface area contributed by atoms with Gasteiger partial charge in [-0.3, -0.25) is 4.79 Å². The van der Waals surface area contributed by atoms with Crippen molar-refractivity contribution in [2.45, 2.75) is 19.8 Å². The van der Waals surface area contributed by atoms with Crippen molar-refractivity contribution in [2.75, 3.05) is 0 Å². The van der Waals surface area contributed by atoms with Gasteiger partial charge >= 0.3 is 5.97 Å². The standard InChI is InChI=1S/C10H11BrO2S/c1-10(2)7(8(10)9(12)13)5-3-4-6(11)14-5/h3-4,7-8H,1-2H3,(H,12,13). The van der Waals surface area contributed by atoms with Gasteiger partial charge in [0.15, 0.2) is 0 Å². The van der Waals surface area contributed by atoms with Crippen LogP contribution in [0.5, 0.6) is 0 Å². The van der Waals surface area contributed by atoms with Crippen molar-refractivity contribution in [1.82, 2.24) is 0 Å². The van der Waals surface area contributed by atoms with Crippen molar-refractivity contribution in [3.8, 4) is 0 Å². The first kappa shape index (κ1) is 10.2. The minimum Gasteiger partial charge on any atom is -0.481 e. The summed E-state index contributed by atoms with van der Waals surface area (Å²) in [6, 6.07) is 4.00. The van der Waals surface area contributed by atoms with Crippen molar-refractivity contribution >= 4 is 33.2 Å². The number of carboxylic acids is 1. The molecule has 1 saturated carbocycles. The molecular weight excluding hydrogens is 264 g/mol. The zero-order valence-corrected chi connectivity index (χ0v) is 10.4. The number of rotatable bonds is 2. The number of carboxylic acid groups (broad SMARTS) is 1. The maximum Gasteiger partial charge on any atom is 0.307 e. The van der Waals surface area contributed by atoms with Crippen molar-refractivity contribution in [1.29, 1.82) is 0 Å². The molecule has 1 aromatic heterocycles. The first-order chi connectivity index (χ1) is 6.44. The normalized spacial score (nSPS) is 28.8. The van der Waals surface area contributed by atoms with Crippen LogP contribution in [0, 0.1) is 11.3 Å². The van der Waals surface area contributed by atoms with E-state index in [0.717, 1.165) is 3.79 Å². The van der Waals surface area contributed by atoms with E-state index in [2.05, 4.69) is 15.9 Å². The summed E-state index contributed by atoms with van der Waals surface area (Å²) < 4.78 is 1.07. The molecule has 0 aliphatic heterocycles. The number of thiophene rings is 1. The number of hydrogen-bond acceptors (Lipinski definition) is 2. The highest BCUT2D eigenvalue weighted by atomic mass is 79.9. The van der Waals surface area contributed by atoms with E-state index in [0.29, 0.717) is 0 Å². The minimum absolute atomic E-state index is 0.0872.